The normalized spacial score (nSPS) is 10.2. The van der Waals surface area contributed by atoms with E-state index in [2.05, 4.69) is 16.4 Å². The molecule has 0 aliphatic heterocycles. The van der Waals surface area contributed by atoms with E-state index in [1.807, 2.05) is 12.1 Å². The molecule has 0 bridgehead atoms. The summed E-state index contributed by atoms with van der Waals surface area (Å²) in [7, 11) is 4.64. The molecule has 0 unspecified atom stereocenters. The van der Waals surface area contributed by atoms with Crippen molar-refractivity contribution in [2.75, 3.05) is 26.6 Å². The lowest BCUT2D eigenvalue weighted by Gasteiger charge is -2.17. The van der Waals surface area contributed by atoms with Crippen LogP contribution in [-0.2, 0) is 0 Å². The van der Waals surface area contributed by atoms with E-state index < -0.39 is 0 Å². The first-order chi connectivity index (χ1) is 14.0. The summed E-state index contributed by atoms with van der Waals surface area (Å²) in [5, 5.41) is 13.6. The fraction of sp³-hybridized carbons (Fsp3) is 0.143. The smallest absolute Gasteiger partial charge is 0.161 e. The first-order valence-electron chi connectivity index (χ1n) is 8.43. The molecular weight excluding hydrogens is 413 g/mol. The maximum absolute atomic E-state index is 9.61. The predicted molar refractivity (Wildman–Crippen MR) is 114 cm³/mol. The number of hydrogen-bond donors (Lipinski definition) is 1. The van der Waals surface area contributed by atoms with Gasteiger partial charge in [-0.3, -0.25) is 4.98 Å². The van der Waals surface area contributed by atoms with Crippen molar-refractivity contribution in [2.45, 2.75) is 0 Å². The number of pyridine rings is 1. The molecule has 2 aromatic carbocycles. The lowest BCUT2D eigenvalue weighted by molar-refractivity contribution is 0.355. The third-order valence-corrected chi connectivity index (χ3v) is 4.87. The second kappa shape index (κ2) is 8.91. The van der Waals surface area contributed by atoms with Crippen molar-refractivity contribution >= 4 is 34.6 Å². The van der Waals surface area contributed by atoms with Crippen LogP contribution >= 0.6 is 23.2 Å². The minimum atomic E-state index is 0.349. The second-order valence-corrected chi connectivity index (χ2v) is 6.70. The van der Waals surface area contributed by atoms with Gasteiger partial charge in [-0.1, -0.05) is 29.3 Å². The van der Waals surface area contributed by atoms with Gasteiger partial charge in [-0.05, 0) is 23.8 Å². The molecule has 0 aliphatic carbocycles. The summed E-state index contributed by atoms with van der Waals surface area (Å²) >= 11 is 12.5. The van der Waals surface area contributed by atoms with Crippen LogP contribution in [0.2, 0.25) is 10.0 Å². The van der Waals surface area contributed by atoms with Crippen LogP contribution in [0.5, 0.6) is 17.2 Å². The number of methoxy groups -OCH3 is 3. The van der Waals surface area contributed by atoms with Gasteiger partial charge < -0.3 is 19.5 Å². The van der Waals surface area contributed by atoms with Gasteiger partial charge in [0.15, 0.2) is 11.5 Å². The largest absolute Gasteiger partial charge is 0.495 e. The average Bonchev–Trinajstić information content (AvgIpc) is 2.75. The lowest BCUT2D eigenvalue weighted by atomic mass is 10.0. The lowest BCUT2D eigenvalue weighted by Crippen LogP contribution is -2.00. The number of aromatic nitrogens is 1. The monoisotopic (exact) mass is 429 g/mol. The molecule has 0 fully saturated rings. The number of benzene rings is 2. The molecule has 0 saturated heterocycles. The van der Waals surface area contributed by atoms with E-state index in [1.165, 1.54) is 13.3 Å². The van der Waals surface area contributed by atoms with Gasteiger partial charge in [-0.15, -0.1) is 0 Å². The molecule has 1 aromatic heterocycles. The van der Waals surface area contributed by atoms with Gasteiger partial charge >= 0.3 is 0 Å². The molecular formula is C21H17Cl2N3O3. The molecule has 8 heteroatoms. The SMILES string of the molecule is COc1cc(Nc2c(C#N)cncc2-c2ccc(OC)c(OC)c2)c(Cl)cc1Cl. The van der Waals surface area contributed by atoms with Crippen LogP contribution in [0, 0.1) is 11.3 Å². The Balaban J connectivity index is 2.15. The summed E-state index contributed by atoms with van der Waals surface area (Å²) in [5.74, 6) is 1.61. The first kappa shape index (κ1) is 20.6. The van der Waals surface area contributed by atoms with Crippen molar-refractivity contribution in [1.82, 2.24) is 4.98 Å². The number of ether oxygens (including phenoxy) is 3. The number of rotatable bonds is 6. The van der Waals surface area contributed by atoms with Crippen molar-refractivity contribution in [3.8, 4) is 34.4 Å². The number of nitrogens with one attached hydrogen (secondary N) is 1. The Kier molecular flexibility index (Phi) is 6.32. The molecule has 0 aliphatic rings. The zero-order valence-electron chi connectivity index (χ0n) is 15.9. The van der Waals surface area contributed by atoms with Gasteiger partial charge in [0, 0.05) is 24.0 Å². The molecule has 3 aromatic rings. The maximum Gasteiger partial charge on any atom is 0.161 e. The maximum atomic E-state index is 9.61. The van der Waals surface area contributed by atoms with Crippen LogP contribution in [0.4, 0.5) is 11.4 Å². The first-order valence-corrected chi connectivity index (χ1v) is 9.18. The summed E-state index contributed by atoms with van der Waals surface area (Å²) in [4.78, 5) is 4.19. The standard InChI is InChI=1S/C21H17Cl2N3O3/c1-27-18-5-4-12(6-20(18)29-3)14-11-25-10-13(9-24)21(14)26-17-8-19(28-2)16(23)7-15(17)22/h4-8,10-11H,1-3H3,(H,25,26). The number of hydrogen-bond acceptors (Lipinski definition) is 6. The van der Waals surface area contributed by atoms with Gasteiger partial charge in [0.25, 0.3) is 0 Å². The van der Waals surface area contributed by atoms with Crippen LogP contribution in [0.3, 0.4) is 0 Å². The molecule has 0 radical (unpaired) electrons. The summed E-state index contributed by atoms with van der Waals surface area (Å²) in [6.07, 6.45) is 3.14. The molecule has 6 nitrogen and oxygen atoms in total. The van der Waals surface area contributed by atoms with E-state index in [9.17, 15) is 5.26 Å². The van der Waals surface area contributed by atoms with Gasteiger partial charge in [0.1, 0.15) is 11.8 Å². The van der Waals surface area contributed by atoms with E-state index in [1.54, 1.807) is 38.6 Å². The number of halogens is 2. The molecule has 1 N–H and O–H groups in total. The van der Waals surface area contributed by atoms with Crippen LogP contribution in [0.1, 0.15) is 5.56 Å². The summed E-state index contributed by atoms with van der Waals surface area (Å²) in [6.45, 7) is 0. The molecule has 3 rings (SSSR count). The Morgan fingerprint density at radius 2 is 1.62 bits per heavy atom. The highest BCUT2D eigenvalue weighted by atomic mass is 35.5. The Labute approximate surface area is 178 Å². The number of anilines is 2. The summed E-state index contributed by atoms with van der Waals surface area (Å²) < 4.78 is 16.0. The summed E-state index contributed by atoms with van der Waals surface area (Å²) in [5.41, 5.74) is 2.90. The zero-order valence-corrected chi connectivity index (χ0v) is 17.4. The third kappa shape index (κ3) is 4.16. The Bertz CT molecular complexity index is 1100. The van der Waals surface area contributed by atoms with Crippen LogP contribution in [-0.4, -0.2) is 26.3 Å². The van der Waals surface area contributed by atoms with Crippen molar-refractivity contribution in [2.24, 2.45) is 0 Å². The van der Waals surface area contributed by atoms with Crippen molar-refractivity contribution < 1.29 is 14.2 Å². The predicted octanol–water partition coefficient (Wildman–Crippen LogP) is 5.70. The van der Waals surface area contributed by atoms with E-state index in [0.29, 0.717) is 49.8 Å². The van der Waals surface area contributed by atoms with E-state index in [4.69, 9.17) is 37.4 Å². The van der Waals surface area contributed by atoms with Crippen LogP contribution < -0.4 is 19.5 Å². The van der Waals surface area contributed by atoms with Crippen LogP contribution in [0.15, 0.2) is 42.7 Å². The minimum absolute atomic E-state index is 0.349. The Hall–Kier alpha value is -3.14. The van der Waals surface area contributed by atoms with Crippen molar-refractivity contribution in [1.29, 1.82) is 5.26 Å². The summed E-state index contributed by atoms with van der Waals surface area (Å²) in [6, 6.07) is 10.9. The van der Waals surface area contributed by atoms with Crippen molar-refractivity contribution in [3.05, 3.63) is 58.3 Å². The quantitative estimate of drug-likeness (QED) is 0.541. The van der Waals surface area contributed by atoms with Gasteiger partial charge in [0.05, 0.1) is 48.3 Å². The fourth-order valence-electron chi connectivity index (χ4n) is 2.82. The number of nitrogens with zero attached hydrogens (tertiary/aromatic N) is 2. The molecule has 0 amide bonds. The van der Waals surface area contributed by atoms with E-state index in [-0.39, 0.29) is 0 Å². The second-order valence-electron chi connectivity index (χ2n) is 5.88. The zero-order chi connectivity index (χ0) is 21.0. The highest BCUT2D eigenvalue weighted by Crippen LogP contribution is 2.40. The average molecular weight is 430 g/mol. The Morgan fingerprint density at radius 1 is 0.897 bits per heavy atom. The van der Waals surface area contributed by atoms with Gasteiger partial charge in [0.2, 0.25) is 0 Å². The van der Waals surface area contributed by atoms with E-state index >= 15 is 0 Å². The van der Waals surface area contributed by atoms with Crippen molar-refractivity contribution in [3.63, 3.8) is 0 Å². The molecule has 29 heavy (non-hydrogen) atoms. The van der Waals surface area contributed by atoms with E-state index in [0.717, 1.165) is 5.56 Å². The Morgan fingerprint density at radius 3 is 2.28 bits per heavy atom. The fourth-order valence-corrected chi connectivity index (χ4v) is 3.33. The highest BCUT2D eigenvalue weighted by Gasteiger charge is 2.16. The number of nitriles is 1. The third-order valence-electron chi connectivity index (χ3n) is 4.26. The van der Waals surface area contributed by atoms with Gasteiger partial charge in [-0.2, -0.15) is 5.26 Å². The molecule has 1 heterocycles. The molecule has 0 saturated carbocycles. The molecule has 0 atom stereocenters. The molecule has 0 spiro atoms. The molecule has 148 valence electrons. The minimum Gasteiger partial charge on any atom is -0.495 e. The van der Waals surface area contributed by atoms with Crippen LogP contribution in [0.25, 0.3) is 11.1 Å². The van der Waals surface area contributed by atoms with Gasteiger partial charge in [-0.25, -0.2) is 0 Å². The highest BCUT2D eigenvalue weighted by molar-refractivity contribution is 6.37. The topological polar surface area (TPSA) is 76.4 Å².